The van der Waals surface area contributed by atoms with Gasteiger partial charge in [0.1, 0.15) is 5.75 Å². The van der Waals surface area contributed by atoms with Gasteiger partial charge in [0, 0.05) is 12.6 Å². The summed E-state index contributed by atoms with van der Waals surface area (Å²) < 4.78 is 33.2. The van der Waals surface area contributed by atoms with E-state index in [0.717, 1.165) is 12.0 Å². The predicted molar refractivity (Wildman–Crippen MR) is 110 cm³/mol. The molecular weight excluding hydrogens is 376 g/mol. The highest BCUT2D eigenvalue weighted by Crippen LogP contribution is 2.19. The summed E-state index contributed by atoms with van der Waals surface area (Å²) in [6, 6.07) is 15.0. The molecule has 152 valence electrons. The summed E-state index contributed by atoms with van der Waals surface area (Å²) in [5.41, 5.74) is 0.884. The fourth-order valence-electron chi connectivity index (χ4n) is 2.53. The Morgan fingerprint density at radius 3 is 2.25 bits per heavy atom. The van der Waals surface area contributed by atoms with Crippen molar-refractivity contribution in [3.05, 3.63) is 60.2 Å². The first-order valence-electron chi connectivity index (χ1n) is 9.35. The van der Waals surface area contributed by atoms with E-state index in [1.807, 2.05) is 30.3 Å². The third kappa shape index (κ3) is 6.98. The molecule has 0 saturated heterocycles. The Bertz CT molecular complexity index is 850. The van der Waals surface area contributed by atoms with E-state index in [1.54, 1.807) is 19.1 Å². The van der Waals surface area contributed by atoms with E-state index < -0.39 is 10.0 Å². The molecule has 0 bridgehead atoms. The van der Waals surface area contributed by atoms with Crippen molar-refractivity contribution in [2.24, 2.45) is 5.92 Å². The number of nitrogens with one attached hydrogen (secondary N) is 2. The molecule has 0 spiro atoms. The molecule has 2 N–H and O–H groups in total. The van der Waals surface area contributed by atoms with E-state index in [1.165, 1.54) is 12.1 Å². The molecule has 1 atom stereocenters. The first kappa shape index (κ1) is 21.9. The van der Waals surface area contributed by atoms with Gasteiger partial charge in [-0.15, -0.1) is 0 Å². The molecule has 0 fully saturated rings. The second kappa shape index (κ2) is 10.2. The van der Waals surface area contributed by atoms with Crippen molar-refractivity contribution in [1.29, 1.82) is 0 Å². The fraction of sp³-hybridized carbons (Fsp3) is 0.381. The minimum Gasteiger partial charge on any atom is -0.484 e. The summed E-state index contributed by atoms with van der Waals surface area (Å²) in [6.45, 7) is 6.49. The van der Waals surface area contributed by atoms with Gasteiger partial charge in [-0.3, -0.25) is 4.79 Å². The third-order valence-electron chi connectivity index (χ3n) is 4.18. The van der Waals surface area contributed by atoms with Crippen molar-refractivity contribution in [3.63, 3.8) is 0 Å². The minimum atomic E-state index is -3.66. The number of rotatable bonds is 10. The van der Waals surface area contributed by atoms with Gasteiger partial charge in [0.15, 0.2) is 6.61 Å². The molecule has 0 radical (unpaired) electrons. The largest absolute Gasteiger partial charge is 0.484 e. The van der Waals surface area contributed by atoms with Crippen LogP contribution in [0.5, 0.6) is 5.75 Å². The normalized spacial score (nSPS) is 12.6. The Labute approximate surface area is 167 Å². The number of benzene rings is 2. The number of sulfonamides is 1. The Morgan fingerprint density at radius 1 is 1.00 bits per heavy atom. The highest BCUT2D eigenvalue weighted by molar-refractivity contribution is 7.89. The number of ether oxygens (including phenoxy) is 1. The summed E-state index contributed by atoms with van der Waals surface area (Å²) in [7, 11) is -3.66. The first-order chi connectivity index (χ1) is 13.3. The monoisotopic (exact) mass is 404 g/mol. The molecule has 2 aromatic rings. The van der Waals surface area contributed by atoms with Crippen LogP contribution < -0.4 is 14.8 Å². The number of carbonyl (C=O) groups is 1. The van der Waals surface area contributed by atoms with Crippen LogP contribution in [0.3, 0.4) is 0 Å². The van der Waals surface area contributed by atoms with Gasteiger partial charge in [-0.25, -0.2) is 13.1 Å². The second-order valence-electron chi connectivity index (χ2n) is 7.05. The van der Waals surface area contributed by atoms with E-state index >= 15 is 0 Å². The Balaban J connectivity index is 1.89. The lowest BCUT2D eigenvalue weighted by Crippen LogP contribution is -2.30. The molecule has 0 aliphatic heterocycles. The lowest BCUT2D eigenvalue weighted by atomic mass is 10.1. The number of hydrogen-bond donors (Lipinski definition) is 2. The Morgan fingerprint density at radius 2 is 1.64 bits per heavy atom. The van der Waals surface area contributed by atoms with Gasteiger partial charge >= 0.3 is 0 Å². The maximum absolute atomic E-state index is 12.6. The van der Waals surface area contributed by atoms with Crippen LogP contribution >= 0.6 is 0 Å². The van der Waals surface area contributed by atoms with Crippen LogP contribution in [0.4, 0.5) is 0 Å². The zero-order valence-corrected chi connectivity index (χ0v) is 17.3. The first-order valence-corrected chi connectivity index (χ1v) is 10.8. The zero-order chi connectivity index (χ0) is 20.6. The van der Waals surface area contributed by atoms with Gasteiger partial charge in [0.2, 0.25) is 10.0 Å². The summed E-state index contributed by atoms with van der Waals surface area (Å²) in [5, 5.41) is 2.79. The van der Waals surface area contributed by atoms with Crippen molar-refractivity contribution >= 4 is 15.9 Å². The number of hydrogen-bond acceptors (Lipinski definition) is 4. The van der Waals surface area contributed by atoms with E-state index in [2.05, 4.69) is 23.9 Å². The fourth-order valence-corrected chi connectivity index (χ4v) is 3.76. The SMILES string of the molecule is CC(C)CCNC(=O)COc1ccc(S(=O)(=O)N[C@@H](C)c2ccccc2)cc1. The molecule has 0 aromatic heterocycles. The maximum atomic E-state index is 12.6. The molecule has 0 aliphatic carbocycles. The van der Waals surface area contributed by atoms with Gasteiger partial charge in [-0.1, -0.05) is 44.2 Å². The van der Waals surface area contributed by atoms with E-state index in [-0.39, 0.29) is 23.5 Å². The van der Waals surface area contributed by atoms with Gasteiger partial charge in [-0.2, -0.15) is 0 Å². The molecule has 28 heavy (non-hydrogen) atoms. The van der Waals surface area contributed by atoms with Crippen LogP contribution in [0, 0.1) is 5.92 Å². The molecule has 0 saturated carbocycles. The average Bonchev–Trinajstić information content (AvgIpc) is 2.67. The summed E-state index contributed by atoms with van der Waals surface area (Å²) in [4.78, 5) is 11.9. The molecule has 1 amide bonds. The maximum Gasteiger partial charge on any atom is 0.257 e. The topological polar surface area (TPSA) is 84.5 Å². The standard InChI is InChI=1S/C21H28N2O4S/c1-16(2)13-14-22-21(24)15-27-19-9-11-20(12-10-19)28(25,26)23-17(3)18-7-5-4-6-8-18/h4-12,16-17,23H,13-15H2,1-3H3,(H,22,24)/t17-/m0/s1. The highest BCUT2D eigenvalue weighted by atomic mass is 32.2. The van der Waals surface area contributed by atoms with Gasteiger partial charge in [0.25, 0.3) is 5.91 Å². The van der Waals surface area contributed by atoms with Crippen LogP contribution in [0.1, 0.15) is 38.8 Å². The Hall–Kier alpha value is -2.38. The molecule has 0 unspecified atom stereocenters. The van der Waals surface area contributed by atoms with Crippen molar-refractivity contribution < 1.29 is 17.9 Å². The van der Waals surface area contributed by atoms with Crippen LogP contribution in [-0.2, 0) is 14.8 Å². The average molecular weight is 405 g/mol. The van der Waals surface area contributed by atoms with Crippen LogP contribution in [0.15, 0.2) is 59.5 Å². The highest BCUT2D eigenvalue weighted by Gasteiger charge is 2.18. The zero-order valence-electron chi connectivity index (χ0n) is 16.5. The van der Waals surface area contributed by atoms with E-state index in [0.29, 0.717) is 18.2 Å². The summed E-state index contributed by atoms with van der Waals surface area (Å²) in [5.74, 6) is 0.763. The minimum absolute atomic E-state index is 0.104. The van der Waals surface area contributed by atoms with Crippen molar-refractivity contribution in [2.45, 2.75) is 38.1 Å². The number of carbonyl (C=O) groups excluding carboxylic acids is 1. The quantitative estimate of drug-likeness (QED) is 0.637. The molecule has 7 heteroatoms. The van der Waals surface area contributed by atoms with Crippen LogP contribution in [0.25, 0.3) is 0 Å². The molecule has 2 rings (SSSR count). The molecule has 6 nitrogen and oxygen atoms in total. The lowest BCUT2D eigenvalue weighted by molar-refractivity contribution is -0.123. The summed E-state index contributed by atoms with van der Waals surface area (Å²) >= 11 is 0. The van der Waals surface area contributed by atoms with Gasteiger partial charge in [-0.05, 0) is 49.1 Å². The van der Waals surface area contributed by atoms with Crippen LogP contribution in [-0.4, -0.2) is 27.5 Å². The molecule has 2 aromatic carbocycles. The van der Waals surface area contributed by atoms with Gasteiger partial charge < -0.3 is 10.1 Å². The smallest absolute Gasteiger partial charge is 0.257 e. The predicted octanol–water partition coefficient (Wildman–Crippen LogP) is 3.27. The van der Waals surface area contributed by atoms with Crippen molar-refractivity contribution in [2.75, 3.05) is 13.2 Å². The van der Waals surface area contributed by atoms with Gasteiger partial charge in [0.05, 0.1) is 4.90 Å². The number of amides is 1. The second-order valence-corrected chi connectivity index (χ2v) is 8.76. The summed E-state index contributed by atoms with van der Waals surface area (Å²) in [6.07, 6.45) is 0.909. The van der Waals surface area contributed by atoms with Crippen molar-refractivity contribution in [3.8, 4) is 5.75 Å². The molecule has 0 aliphatic rings. The van der Waals surface area contributed by atoms with E-state index in [4.69, 9.17) is 4.74 Å². The van der Waals surface area contributed by atoms with Crippen molar-refractivity contribution in [1.82, 2.24) is 10.0 Å². The lowest BCUT2D eigenvalue weighted by Gasteiger charge is -2.15. The molecule has 0 heterocycles. The van der Waals surface area contributed by atoms with E-state index in [9.17, 15) is 13.2 Å². The Kier molecular flexibility index (Phi) is 8.02. The molecular formula is C21H28N2O4S. The third-order valence-corrected chi connectivity index (χ3v) is 5.74. The van der Waals surface area contributed by atoms with Crippen LogP contribution in [0.2, 0.25) is 0 Å².